The zero-order valence-corrected chi connectivity index (χ0v) is 11.5. The maximum absolute atomic E-state index is 13.3. The largest absolute Gasteiger partial charge is 0.416 e. The van der Waals surface area contributed by atoms with Crippen molar-refractivity contribution in [3.8, 4) is 0 Å². The number of morpholine rings is 1. The molecule has 2 rings (SSSR count). The summed E-state index contributed by atoms with van der Waals surface area (Å²) < 4.78 is 56.3. The van der Waals surface area contributed by atoms with Crippen LogP contribution in [-0.4, -0.2) is 37.1 Å². The van der Waals surface area contributed by atoms with Gasteiger partial charge in [0.25, 0.3) is 0 Å². The van der Waals surface area contributed by atoms with E-state index in [4.69, 9.17) is 16.3 Å². The Bertz CT molecular complexity index is 529. The van der Waals surface area contributed by atoms with Crippen LogP contribution in [0.3, 0.4) is 0 Å². The number of alkyl halides is 4. The van der Waals surface area contributed by atoms with Crippen molar-refractivity contribution >= 4 is 17.5 Å². The number of carbonyl (C=O) groups is 1. The molecule has 0 aliphatic carbocycles. The quantitative estimate of drug-likeness (QED) is 0.618. The fraction of sp³-hybridized carbons (Fsp3) is 0.462. The molecule has 116 valence electrons. The minimum absolute atomic E-state index is 0.208. The monoisotopic (exact) mass is 325 g/mol. The third-order valence-electron chi connectivity index (χ3n) is 3.08. The normalized spacial score (nSPS) is 17.7. The minimum atomic E-state index is -4.70. The van der Waals surface area contributed by atoms with Gasteiger partial charge in [-0.3, -0.25) is 4.79 Å². The Morgan fingerprint density at radius 3 is 2.43 bits per heavy atom. The van der Waals surface area contributed by atoms with Crippen molar-refractivity contribution < 1.29 is 27.1 Å². The van der Waals surface area contributed by atoms with Gasteiger partial charge in [0.15, 0.2) is 0 Å². The molecular weight excluding hydrogens is 314 g/mol. The second kappa shape index (κ2) is 6.19. The van der Waals surface area contributed by atoms with E-state index >= 15 is 0 Å². The maximum atomic E-state index is 13.3. The van der Waals surface area contributed by atoms with E-state index in [1.54, 1.807) is 0 Å². The summed E-state index contributed by atoms with van der Waals surface area (Å²) in [7, 11) is 0. The summed E-state index contributed by atoms with van der Waals surface area (Å²) in [5.74, 6) is -1.64. The zero-order chi connectivity index (χ0) is 15.6. The first-order valence-electron chi connectivity index (χ1n) is 6.17. The summed E-state index contributed by atoms with van der Waals surface area (Å²) in [6.07, 6.45) is -4.70. The highest BCUT2D eigenvalue weighted by molar-refractivity contribution is 6.30. The van der Waals surface area contributed by atoms with E-state index in [2.05, 4.69) is 0 Å². The fourth-order valence-electron chi connectivity index (χ4n) is 2.01. The highest BCUT2D eigenvalue weighted by Gasteiger charge is 2.33. The van der Waals surface area contributed by atoms with Crippen molar-refractivity contribution in [1.82, 2.24) is 4.90 Å². The molecule has 1 heterocycles. The van der Waals surface area contributed by atoms with Gasteiger partial charge in [0.05, 0.1) is 18.8 Å². The topological polar surface area (TPSA) is 29.5 Å². The predicted molar refractivity (Wildman–Crippen MR) is 67.4 cm³/mol. The third kappa shape index (κ3) is 3.85. The van der Waals surface area contributed by atoms with Gasteiger partial charge >= 0.3 is 6.18 Å². The number of hydrogen-bond donors (Lipinski definition) is 0. The Morgan fingerprint density at radius 1 is 1.24 bits per heavy atom. The van der Waals surface area contributed by atoms with Gasteiger partial charge in [-0.25, -0.2) is 4.39 Å². The molecule has 1 atom stereocenters. The standard InChI is InChI=1S/C13H12ClF4NO2/c14-11(12(20)19-1-3-21-4-2-19)8-5-9(13(16,17)18)7-10(15)6-8/h5-7,11H,1-4H2. The number of ether oxygens (including phenoxy) is 1. The van der Waals surface area contributed by atoms with Gasteiger partial charge in [-0.05, 0) is 23.8 Å². The molecule has 1 aliphatic heterocycles. The number of nitrogens with zero attached hydrogens (tertiary/aromatic N) is 1. The first kappa shape index (κ1) is 16.0. The molecule has 1 saturated heterocycles. The predicted octanol–water partition coefficient (Wildman–Crippen LogP) is 2.98. The molecule has 0 bridgehead atoms. The first-order chi connectivity index (χ1) is 9.79. The molecule has 3 nitrogen and oxygen atoms in total. The number of hydrogen-bond acceptors (Lipinski definition) is 2. The molecule has 0 saturated carbocycles. The highest BCUT2D eigenvalue weighted by atomic mass is 35.5. The lowest BCUT2D eigenvalue weighted by molar-refractivity contribution is -0.138. The maximum Gasteiger partial charge on any atom is 0.416 e. The van der Waals surface area contributed by atoms with Gasteiger partial charge < -0.3 is 9.64 Å². The fourth-order valence-corrected chi connectivity index (χ4v) is 2.27. The van der Waals surface area contributed by atoms with E-state index in [-0.39, 0.29) is 5.56 Å². The van der Waals surface area contributed by atoms with E-state index in [0.29, 0.717) is 38.4 Å². The smallest absolute Gasteiger partial charge is 0.378 e. The third-order valence-corrected chi connectivity index (χ3v) is 3.52. The molecule has 1 unspecified atom stereocenters. The van der Waals surface area contributed by atoms with Crippen LogP contribution in [0.25, 0.3) is 0 Å². The Hall–Kier alpha value is -1.34. The Morgan fingerprint density at radius 2 is 1.86 bits per heavy atom. The Kier molecular flexibility index (Phi) is 4.73. The lowest BCUT2D eigenvalue weighted by Gasteiger charge is -2.28. The van der Waals surface area contributed by atoms with Crippen molar-refractivity contribution in [2.75, 3.05) is 26.3 Å². The second-order valence-corrected chi connectivity index (χ2v) is 5.01. The van der Waals surface area contributed by atoms with Gasteiger partial charge in [-0.15, -0.1) is 11.6 Å². The van der Waals surface area contributed by atoms with Crippen LogP contribution < -0.4 is 0 Å². The van der Waals surface area contributed by atoms with Crippen LogP contribution in [0.1, 0.15) is 16.5 Å². The van der Waals surface area contributed by atoms with Crippen LogP contribution >= 0.6 is 11.6 Å². The van der Waals surface area contributed by atoms with Gasteiger partial charge in [-0.2, -0.15) is 13.2 Å². The van der Waals surface area contributed by atoms with Gasteiger partial charge in [0.2, 0.25) is 5.91 Å². The molecule has 1 amide bonds. The average Bonchev–Trinajstić information content (AvgIpc) is 2.45. The van der Waals surface area contributed by atoms with Crippen LogP contribution in [0.5, 0.6) is 0 Å². The lowest BCUT2D eigenvalue weighted by Crippen LogP contribution is -2.42. The number of carbonyl (C=O) groups excluding carboxylic acids is 1. The molecule has 0 spiro atoms. The molecule has 8 heteroatoms. The van der Waals surface area contributed by atoms with E-state index in [9.17, 15) is 22.4 Å². The first-order valence-corrected chi connectivity index (χ1v) is 6.61. The minimum Gasteiger partial charge on any atom is -0.378 e. The lowest BCUT2D eigenvalue weighted by atomic mass is 10.1. The van der Waals surface area contributed by atoms with E-state index in [1.165, 1.54) is 4.90 Å². The molecule has 1 aromatic carbocycles. The van der Waals surface area contributed by atoms with Crippen LogP contribution in [0.15, 0.2) is 18.2 Å². The van der Waals surface area contributed by atoms with Crippen molar-refractivity contribution in [2.45, 2.75) is 11.6 Å². The van der Waals surface area contributed by atoms with Gasteiger partial charge in [0.1, 0.15) is 11.2 Å². The Balaban J connectivity index is 2.24. The molecule has 21 heavy (non-hydrogen) atoms. The van der Waals surface area contributed by atoms with Crippen molar-refractivity contribution in [3.05, 3.63) is 35.1 Å². The van der Waals surface area contributed by atoms with E-state index in [1.807, 2.05) is 0 Å². The van der Waals surface area contributed by atoms with Crippen LogP contribution in [0, 0.1) is 5.82 Å². The van der Waals surface area contributed by atoms with Crippen molar-refractivity contribution in [3.63, 3.8) is 0 Å². The molecule has 1 fully saturated rings. The summed E-state index contributed by atoms with van der Waals surface area (Å²) in [5.41, 5.74) is -1.38. The zero-order valence-electron chi connectivity index (χ0n) is 10.8. The molecule has 1 aliphatic rings. The summed E-state index contributed by atoms with van der Waals surface area (Å²) in [6, 6.07) is 1.90. The van der Waals surface area contributed by atoms with E-state index < -0.39 is 28.8 Å². The van der Waals surface area contributed by atoms with Crippen LogP contribution in [0.4, 0.5) is 17.6 Å². The molecule has 0 radical (unpaired) electrons. The van der Waals surface area contributed by atoms with Gasteiger partial charge in [-0.1, -0.05) is 0 Å². The van der Waals surface area contributed by atoms with Crippen LogP contribution in [0.2, 0.25) is 0 Å². The number of benzene rings is 1. The molecular formula is C13H12ClF4NO2. The average molecular weight is 326 g/mol. The summed E-state index contributed by atoms with van der Waals surface area (Å²) >= 11 is 5.92. The SMILES string of the molecule is O=C(C(Cl)c1cc(F)cc(C(F)(F)F)c1)N1CCOCC1. The van der Waals surface area contributed by atoms with E-state index in [0.717, 1.165) is 6.07 Å². The highest BCUT2D eigenvalue weighted by Crippen LogP contribution is 2.33. The second-order valence-electron chi connectivity index (χ2n) is 4.57. The Labute approximate surface area is 123 Å². The van der Waals surface area contributed by atoms with Crippen LogP contribution in [-0.2, 0) is 15.7 Å². The van der Waals surface area contributed by atoms with Crippen molar-refractivity contribution in [1.29, 1.82) is 0 Å². The van der Waals surface area contributed by atoms with Crippen molar-refractivity contribution in [2.24, 2.45) is 0 Å². The number of halogens is 5. The molecule has 0 aromatic heterocycles. The summed E-state index contributed by atoms with van der Waals surface area (Å²) in [4.78, 5) is 13.5. The summed E-state index contributed by atoms with van der Waals surface area (Å²) in [6.45, 7) is 1.30. The number of rotatable bonds is 2. The summed E-state index contributed by atoms with van der Waals surface area (Å²) in [5, 5.41) is -1.36. The van der Waals surface area contributed by atoms with Gasteiger partial charge in [0, 0.05) is 13.1 Å². The molecule has 1 aromatic rings. The number of amides is 1. The molecule has 0 N–H and O–H groups in total.